The molecule has 0 spiro atoms. The van der Waals surface area contributed by atoms with Crippen LogP contribution in [0, 0.1) is 17.8 Å². The van der Waals surface area contributed by atoms with E-state index in [9.17, 15) is 4.79 Å². The third-order valence-corrected chi connectivity index (χ3v) is 10.7. The summed E-state index contributed by atoms with van der Waals surface area (Å²) in [5, 5.41) is 0. The maximum absolute atomic E-state index is 11.6. The van der Waals surface area contributed by atoms with Crippen molar-refractivity contribution in [3.8, 4) is 0 Å². The average molecular weight is 664 g/mol. The van der Waals surface area contributed by atoms with Crippen LogP contribution in [-0.4, -0.2) is 46.8 Å². The van der Waals surface area contributed by atoms with Gasteiger partial charge >= 0.3 is 0 Å². The lowest BCUT2D eigenvalue weighted by molar-refractivity contribution is -0.126. The first kappa shape index (κ1) is 39.8. The zero-order chi connectivity index (χ0) is 36.2. The van der Waals surface area contributed by atoms with Crippen molar-refractivity contribution in [3.05, 3.63) is 133 Å². The summed E-state index contributed by atoms with van der Waals surface area (Å²) < 4.78 is 0. The molecule has 4 heteroatoms. The Bertz CT molecular complexity index is 1440. The van der Waals surface area contributed by atoms with E-state index in [0.717, 1.165) is 62.6 Å². The summed E-state index contributed by atoms with van der Waals surface area (Å²) in [5.41, 5.74) is 10.1. The van der Waals surface area contributed by atoms with Gasteiger partial charge in [-0.25, -0.2) is 0 Å². The molecule has 3 heterocycles. The average Bonchev–Trinajstić information content (AvgIpc) is 3.65. The van der Waals surface area contributed by atoms with E-state index in [0.29, 0.717) is 17.9 Å². The van der Waals surface area contributed by atoms with Crippen LogP contribution in [0.3, 0.4) is 0 Å². The molecule has 1 amide bonds. The highest BCUT2D eigenvalue weighted by Gasteiger charge is 2.42. The third kappa shape index (κ3) is 10.4. The fourth-order valence-corrected chi connectivity index (χ4v) is 8.10. The Labute approximate surface area is 300 Å². The molecule has 1 aliphatic carbocycles. The SMILES string of the molecule is C=CC(=C)N1CCc2cccc(C(C)C)c2C1.C=CC(=O)N1CC2CC1CCC2C(C)C.C=CC=C.CC(C)c1cccc2c1CN(C)C2. The quantitative estimate of drug-likeness (QED) is 0.218. The normalized spacial score (nSPS) is 20.5. The molecule has 3 aliphatic heterocycles. The van der Waals surface area contributed by atoms with Gasteiger partial charge in [-0.3, -0.25) is 9.69 Å². The van der Waals surface area contributed by atoms with Gasteiger partial charge in [0, 0.05) is 44.5 Å². The molecule has 0 radical (unpaired) electrons. The Hall–Kier alpha value is -3.63. The molecular weight excluding hydrogens is 599 g/mol. The van der Waals surface area contributed by atoms with E-state index in [1.54, 1.807) is 17.7 Å². The highest BCUT2D eigenvalue weighted by atomic mass is 16.2. The van der Waals surface area contributed by atoms with E-state index in [1.165, 1.54) is 53.2 Å². The van der Waals surface area contributed by atoms with Crippen molar-refractivity contribution in [2.75, 3.05) is 20.1 Å². The second-order valence-corrected chi connectivity index (χ2v) is 15.1. The van der Waals surface area contributed by atoms with E-state index in [1.807, 2.05) is 11.0 Å². The molecular formula is C45H65N3O. The Morgan fingerprint density at radius 1 is 0.796 bits per heavy atom. The topological polar surface area (TPSA) is 26.8 Å². The molecule has 2 aromatic carbocycles. The van der Waals surface area contributed by atoms with Crippen LogP contribution >= 0.6 is 0 Å². The number of fused-ring (bicyclic) bond motifs is 4. The molecule has 1 saturated heterocycles. The van der Waals surface area contributed by atoms with E-state index in [2.05, 4.69) is 128 Å². The lowest BCUT2D eigenvalue weighted by Crippen LogP contribution is -2.33. The summed E-state index contributed by atoms with van der Waals surface area (Å²) in [6, 6.07) is 13.9. The summed E-state index contributed by atoms with van der Waals surface area (Å²) in [7, 11) is 2.18. The highest BCUT2D eigenvalue weighted by molar-refractivity contribution is 5.87. The van der Waals surface area contributed by atoms with Crippen LogP contribution in [0.25, 0.3) is 0 Å². The largest absolute Gasteiger partial charge is 0.367 e. The number of benzene rings is 2. The van der Waals surface area contributed by atoms with E-state index >= 15 is 0 Å². The second kappa shape index (κ2) is 18.9. The van der Waals surface area contributed by atoms with Crippen LogP contribution in [-0.2, 0) is 30.8 Å². The maximum Gasteiger partial charge on any atom is 0.246 e. The van der Waals surface area contributed by atoms with Gasteiger partial charge in [-0.15, -0.1) is 0 Å². The molecule has 3 unspecified atom stereocenters. The van der Waals surface area contributed by atoms with Crippen LogP contribution in [0.4, 0.5) is 0 Å². The van der Waals surface area contributed by atoms with Gasteiger partial charge in [0.25, 0.3) is 0 Å². The minimum absolute atomic E-state index is 0.131. The Morgan fingerprint density at radius 3 is 1.92 bits per heavy atom. The minimum Gasteiger partial charge on any atom is -0.367 e. The monoisotopic (exact) mass is 664 g/mol. The molecule has 3 atom stereocenters. The molecule has 1 saturated carbocycles. The standard InChI is InChI=1S/C16H21N.C13H21NO.C12H17N.C4H6/c1-5-13(4)17-10-9-14-7-6-8-15(12(2)3)16(14)11-17;1-4-13(15)14-8-10-7-11(14)5-6-12(10)9(2)3;1-9(2)11-6-4-5-10-7-13(3)8-12(10)11;1-3-4-2/h5-8,12H,1,4,9-11H2,2-3H3;4,9-12H,1,5-8H2,2-3H3;4-6,9H,7-8H2,1-3H3;3-4H,1-2H2. The minimum atomic E-state index is 0.131. The number of amides is 1. The first-order valence-corrected chi connectivity index (χ1v) is 18.5. The molecule has 4 nitrogen and oxygen atoms in total. The first-order valence-electron chi connectivity index (χ1n) is 18.5. The van der Waals surface area contributed by atoms with Crippen LogP contribution in [0.5, 0.6) is 0 Å². The van der Waals surface area contributed by atoms with Crippen molar-refractivity contribution in [3.63, 3.8) is 0 Å². The number of carbonyl (C=O) groups is 1. The van der Waals surface area contributed by atoms with E-state index in [4.69, 9.17) is 0 Å². The van der Waals surface area contributed by atoms with Gasteiger partial charge in [0.15, 0.2) is 0 Å². The predicted octanol–water partition coefficient (Wildman–Crippen LogP) is 10.4. The number of hydrogen-bond acceptors (Lipinski definition) is 3. The summed E-state index contributed by atoms with van der Waals surface area (Å²) in [5.74, 6) is 3.70. The molecule has 2 aromatic rings. The summed E-state index contributed by atoms with van der Waals surface area (Å²) in [6.07, 6.45) is 11.4. The first-order chi connectivity index (χ1) is 23.4. The highest BCUT2D eigenvalue weighted by Crippen LogP contribution is 2.42. The van der Waals surface area contributed by atoms with Crippen LogP contribution in [0.2, 0.25) is 0 Å². The van der Waals surface area contributed by atoms with E-state index < -0.39 is 0 Å². The molecule has 6 rings (SSSR count). The molecule has 2 bridgehead atoms. The van der Waals surface area contributed by atoms with E-state index in [-0.39, 0.29) is 5.91 Å². The van der Waals surface area contributed by atoms with Crippen molar-refractivity contribution in [2.45, 2.75) is 105 Å². The van der Waals surface area contributed by atoms with Crippen molar-refractivity contribution in [1.82, 2.24) is 14.7 Å². The van der Waals surface area contributed by atoms with Crippen LogP contribution in [0.15, 0.2) is 99.3 Å². The van der Waals surface area contributed by atoms with Gasteiger partial charge in [0.1, 0.15) is 0 Å². The van der Waals surface area contributed by atoms with Crippen molar-refractivity contribution < 1.29 is 4.79 Å². The van der Waals surface area contributed by atoms with Crippen molar-refractivity contribution in [1.29, 1.82) is 0 Å². The fourth-order valence-electron chi connectivity index (χ4n) is 8.10. The fraction of sp³-hybridized carbons (Fsp3) is 0.489. The van der Waals surface area contributed by atoms with Crippen LogP contribution < -0.4 is 0 Å². The number of nitrogens with zero attached hydrogens (tertiary/aromatic N) is 3. The predicted molar refractivity (Wildman–Crippen MR) is 211 cm³/mol. The number of rotatable bonds is 7. The summed E-state index contributed by atoms with van der Waals surface area (Å²) in [6.45, 7) is 37.1. The zero-order valence-corrected chi connectivity index (χ0v) is 31.9. The molecule has 0 N–H and O–H groups in total. The van der Waals surface area contributed by atoms with Gasteiger partial charge in [-0.2, -0.15) is 0 Å². The summed E-state index contributed by atoms with van der Waals surface area (Å²) in [4.78, 5) is 18.4. The molecule has 2 fully saturated rings. The maximum atomic E-state index is 11.6. The van der Waals surface area contributed by atoms with Gasteiger partial charge in [0.05, 0.1) is 0 Å². The summed E-state index contributed by atoms with van der Waals surface area (Å²) >= 11 is 0. The molecule has 266 valence electrons. The number of carbonyl (C=O) groups excluding carboxylic acids is 1. The van der Waals surface area contributed by atoms with Crippen LogP contribution in [0.1, 0.15) is 106 Å². The molecule has 4 aliphatic rings. The Kier molecular flexibility index (Phi) is 15.4. The Morgan fingerprint density at radius 2 is 1.39 bits per heavy atom. The van der Waals surface area contributed by atoms with Gasteiger partial charge in [-0.1, -0.05) is 123 Å². The number of likely N-dealkylation sites (tertiary alicyclic amines) is 1. The zero-order valence-electron chi connectivity index (χ0n) is 31.9. The smallest absolute Gasteiger partial charge is 0.246 e. The van der Waals surface area contributed by atoms with Crippen molar-refractivity contribution in [2.24, 2.45) is 17.8 Å². The second-order valence-electron chi connectivity index (χ2n) is 15.1. The Balaban J connectivity index is 0.000000190. The molecule has 49 heavy (non-hydrogen) atoms. The molecule has 0 aromatic heterocycles. The van der Waals surface area contributed by atoms with Crippen molar-refractivity contribution >= 4 is 5.91 Å². The van der Waals surface area contributed by atoms with Gasteiger partial charge in [-0.05, 0) is 108 Å². The number of hydrogen-bond donors (Lipinski definition) is 0. The van der Waals surface area contributed by atoms with Gasteiger partial charge in [0.2, 0.25) is 5.91 Å². The number of allylic oxidation sites excluding steroid dienone is 3. The van der Waals surface area contributed by atoms with Gasteiger partial charge < -0.3 is 9.80 Å². The third-order valence-electron chi connectivity index (χ3n) is 10.7. The lowest BCUT2D eigenvalue weighted by Gasteiger charge is -2.33. The lowest BCUT2D eigenvalue weighted by atomic mass is 9.74.